The Kier molecular flexibility index (Phi) is 3.93. The number of nitrogens with zero attached hydrogens (tertiary/aromatic N) is 1. The van der Waals surface area contributed by atoms with Gasteiger partial charge in [-0.25, -0.2) is 5.01 Å². The SMILES string of the molecule is O=COCCN1CCCCN1. The summed E-state index contributed by atoms with van der Waals surface area (Å²) >= 11 is 0. The number of nitrogens with one attached hydrogen (secondary N) is 1. The first-order chi connectivity index (χ1) is 5.43. The number of rotatable bonds is 4. The van der Waals surface area contributed by atoms with Gasteiger partial charge in [-0.05, 0) is 12.8 Å². The van der Waals surface area contributed by atoms with Crippen molar-refractivity contribution in [2.75, 3.05) is 26.2 Å². The Morgan fingerprint density at radius 3 is 3.09 bits per heavy atom. The average molecular weight is 158 g/mol. The van der Waals surface area contributed by atoms with Crippen LogP contribution in [0.5, 0.6) is 0 Å². The molecule has 1 aliphatic heterocycles. The van der Waals surface area contributed by atoms with Gasteiger partial charge in [0.2, 0.25) is 0 Å². The fourth-order valence-electron chi connectivity index (χ4n) is 1.15. The minimum atomic E-state index is 0.483. The van der Waals surface area contributed by atoms with E-state index in [0.717, 1.165) is 19.6 Å². The van der Waals surface area contributed by atoms with E-state index >= 15 is 0 Å². The molecule has 64 valence electrons. The Morgan fingerprint density at radius 1 is 1.55 bits per heavy atom. The van der Waals surface area contributed by atoms with Crippen LogP contribution in [-0.2, 0) is 9.53 Å². The Bertz CT molecular complexity index is 113. The summed E-state index contributed by atoms with van der Waals surface area (Å²) in [5.74, 6) is 0. The van der Waals surface area contributed by atoms with Crippen LogP contribution in [0.2, 0.25) is 0 Å². The molecule has 1 saturated heterocycles. The highest BCUT2D eigenvalue weighted by Gasteiger charge is 2.07. The van der Waals surface area contributed by atoms with Crippen LogP contribution < -0.4 is 5.43 Å². The number of ether oxygens (including phenoxy) is 1. The van der Waals surface area contributed by atoms with E-state index in [1.165, 1.54) is 12.8 Å². The lowest BCUT2D eigenvalue weighted by Crippen LogP contribution is -2.44. The summed E-state index contributed by atoms with van der Waals surface area (Å²) in [4.78, 5) is 9.79. The van der Waals surface area contributed by atoms with Gasteiger partial charge < -0.3 is 4.74 Å². The fourth-order valence-corrected chi connectivity index (χ4v) is 1.15. The highest BCUT2D eigenvalue weighted by atomic mass is 16.5. The summed E-state index contributed by atoms with van der Waals surface area (Å²) in [5, 5.41) is 2.09. The third kappa shape index (κ3) is 3.34. The molecule has 0 aromatic carbocycles. The van der Waals surface area contributed by atoms with Crippen LogP contribution >= 0.6 is 0 Å². The highest BCUT2D eigenvalue weighted by Crippen LogP contribution is 1.97. The molecule has 1 rings (SSSR count). The summed E-state index contributed by atoms with van der Waals surface area (Å²) in [6.07, 6.45) is 2.47. The normalized spacial score (nSPS) is 19.6. The van der Waals surface area contributed by atoms with E-state index < -0.39 is 0 Å². The zero-order valence-electron chi connectivity index (χ0n) is 6.58. The number of hydrogen-bond donors (Lipinski definition) is 1. The van der Waals surface area contributed by atoms with Gasteiger partial charge in [-0.15, -0.1) is 0 Å². The predicted molar refractivity (Wildman–Crippen MR) is 40.8 cm³/mol. The van der Waals surface area contributed by atoms with Crippen molar-refractivity contribution in [1.82, 2.24) is 10.4 Å². The van der Waals surface area contributed by atoms with Crippen molar-refractivity contribution in [3.05, 3.63) is 0 Å². The summed E-state index contributed by atoms with van der Waals surface area (Å²) in [5.41, 5.74) is 3.22. The van der Waals surface area contributed by atoms with Crippen LogP contribution in [-0.4, -0.2) is 37.7 Å². The van der Waals surface area contributed by atoms with E-state index in [0.29, 0.717) is 13.1 Å². The van der Waals surface area contributed by atoms with Gasteiger partial charge >= 0.3 is 0 Å². The second-order valence-electron chi connectivity index (χ2n) is 2.57. The summed E-state index contributed by atoms with van der Waals surface area (Å²) < 4.78 is 4.57. The standard InChI is InChI=1S/C7H14N2O2/c10-7-11-6-5-9-4-2-1-3-8-9/h7-8H,1-6H2. The zero-order valence-corrected chi connectivity index (χ0v) is 6.58. The van der Waals surface area contributed by atoms with Crippen LogP contribution in [0.15, 0.2) is 0 Å². The van der Waals surface area contributed by atoms with E-state index in [1.54, 1.807) is 0 Å². The molecule has 1 fully saturated rings. The zero-order chi connectivity index (χ0) is 7.94. The molecule has 11 heavy (non-hydrogen) atoms. The van der Waals surface area contributed by atoms with Crippen molar-refractivity contribution in [1.29, 1.82) is 0 Å². The van der Waals surface area contributed by atoms with Crippen molar-refractivity contribution in [3.63, 3.8) is 0 Å². The first kappa shape index (κ1) is 8.49. The van der Waals surface area contributed by atoms with Gasteiger partial charge in [0.25, 0.3) is 6.47 Å². The van der Waals surface area contributed by atoms with Gasteiger partial charge in [-0.1, -0.05) is 0 Å². The lowest BCUT2D eigenvalue weighted by molar-refractivity contribution is -0.129. The number of carbonyl (C=O) groups is 1. The molecular weight excluding hydrogens is 144 g/mol. The smallest absolute Gasteiger partial charge is 0.293 e. The van der Waals surface area contributed by atoms with Crippen molar-refractivity contribution in [3.8, 4) is 0 Å². The maximum atomic E-state index is 9.79. The van der Waals surface area contributed by atoms with Crippen LogP contribution in [0.4, 0.5) is 0 Å². The summed E-state index contributed by atoms with van der Waals surface area (Å²) in [7, 11) is 0. The van der Waals surface area contributed by atoms with Crippen LogP contribution in [0.25, 0.3) is 0 Å². The van der Waals surface area contributed by atoms with E-state index in [2.05, 4.69) is 15.2 Å². The fraction of sp³-hybridized carbons (Fsp3) is 0.857. The topological polar surface area (TPSA) is 41.6 Å². The van der Waals surface area contributed by atoms with Gasteiger partial charge in [0.15, 0.2) is 0 Å². The molecule has 1 heterocycles. The third-order valence-electron chi connectivity index (χ3n) is 1.74. The molecule has 0 spiro atoms. The maximum Gasteiger partial charge on any atom is 0.293 e. The van der Waals surface area contributed by atoms with Crippen molar-refractivity contribution in [2.45, 2.75) is 12.8 Å². The first-order valence-corrected chi connectivity index (χ1v) is 3.97. The monoisotopic (exact) mass is 158 g/mol. The molecule has 1 aliphatic rings. The molecule has 0 amide bonds. The van der Waals surface area contributed by atoms with Crippen LogP contribution in [0.1, 0.15) is 12.8 Å². The van der Waals surface area contributed by atoms with Crippen LogP contribution in [0, 0.1) is 0 Å². The van der Waals surface area contributed by atoms with Crippen molar-refractivity contribution in [2.24, 2.45) is 0 Å². The van der Waals surface area contributed by atoms with Gasteiger partial charge in [0.05, 0.1) is 0 Å². The maximum absolute atomic E-state index is 9.79. The molecule has 1 N–H and O–H groups in total. The highest BCUT2D eigenvalue weighted by molar-refractivity contribution is 5.36. The first-order valence-electron chi connectivity index (χ1n) is 3.97. The van der Waals surface area contributed by atoms with Crippen molar-refractivity contribution < 1.29 is 9.53 Å². The number of carbonyl (C=O) groups excluding carboxylic acids is 1. The lowest BCUT2D eigenvalue weighted by atomic mass is 10.3. The van der Waals surface area contributed by atoms with E-state index in [4.69, 9.17) is 0 Å². The van der Waals surface area contributed by atoms with E-state index in [-0.39, 0.29) is 0 Å². The van der Waals surface area contributed by atoms with Crippen LogP contribution in [0.3, 0.4) is 0 Å². The second kappa shape index (κ2) is 5.09. The quantitative estimate of drug-likeness (QED) is 0.453. The van der Waals surface area contributed by atoms with Gasteiger partial charge in [-0.2, -0.15) is 0 Å². The Labute approximate surface area is 66.5 Å². The molecule has 4 heteroatoms. The van der Waals surface area contributed by atoms with E-state index in [1.807, 2.05) is 0 Å². The Morgan fingerprint density at radius 2 is 2.45 bits per heavy atom. The number of hydrogen-bond acceptors (Lipinski definition) is 4. The summed E-state index contributed by atoms with van der Waals surface area (Å²) in [6, 6.07) is 0. The lowest BCUT2D eigenvalue weighted by Gasteiger charge is -2.26. The predicted octanol–water partition coefficient (Wildman–Crippen LogP) is -0.240. The molecule has 0 radical (unpaired) electrons. The molecule has 0 aromatic heterocycles. The van der Waals surface area contributed by atoms with Gasteiger partial charge in [0.1, 0.15) is 6.61 Å². The molecule has 0 atom stereocenters. The Hall–Kier alpha value is -0.610. The minimum Gasteiger partial charge on any atom is -0.466 e. The molecule has 0 bridgehead atoms. The summed E-state index contributed by atoms with van der Waals surface area (Å²) in [6.45, 7) is 3.86. The largest absolute Gasteiger partial charge is 0.466 e. The third-order valence-corrected chi connectivity index (χ3v) is 1.74. The average Bonchev–Trinajstić information content (AvgIpc) is 2.07. The molecular formula is C7H14N2O2. The molecule has 0 aliphatic carbocycles. The molecule has 0 unspecified atom stereocenters. The molecule has 0 aromatic rings. The van der Waals surface area contributed by atoms with Crippen molar-refractivity contribution >= 4 is 6.47 Å². The molecule has 0 saturated carbocycles. The second-order valence-corrected chi connectivity index (χ2v) is 2.57. The van der Waals surface area contributed by atoms with Gasteiger partial charge in [-0.3, -0.25) is 10.2 Å². The minimum absolute atomic E-state index is 0.483. The Balaban J connectivity index is 2.00. The van der Waals surface area contributed by atoms with Gasteiger partial charge in [0, 0.05) is 19.6 Å². The number of hydrazine groups is 1. The van der Waals surface area contributed by atoms with E-state index in [9.17, 15) is 4.79 Å². The molecule has 4 nitrogen and oxygen atoms in total.